The maximum Gasteiger partial charge on any atom is 0.387 e. The van der Waals surface area contributed by atoms with E-state index in [0.717, 1.165) is 0 Å². The SMILES string of the molecule is Cn1cc(NC(=O)c2cnn3cccnc23)c(-c2cc(Oc3cccc(C4(F)CNC4)c3)ccc2OC(F)F)n1. The van der Waals surface area contributed by atoms with Gasteiger partial charge in [0.15, 0.2) is 11.3 Å². The molecule has 40 heavy (non-hydrogen) atoms. The van der Waals surface area contributed by atoms with Gasteiger partial charge in [-0.1, -0.05) is 12.1 Å². The van der Waals surface area contributed by atoms with Gasteiger partial charge < -0.3 is 20.1 Å². The molecule has 1 saturated heterocycles. The van der Waals surface area contributed by atoms with Crippen molar-refractivity contribution in [1.29, 1.82) is 0 Å². The van der Waals surface area contributed by atoms with Crippen molar-refractivity contribution >= 4 is 17.2 Å². The fourth-order valence-corrected chi connectivity index (χ4v) is 4.44. The van der Waals surface area contributed by atoms with Gasteiger partial charge in [-0.2, -0.15) is 19.0 Å². The van der Waals surface area contributed by atoms with E-state index < -0.39 is 18.2 Å². The molecule has 0 atom stereocenters. The standard InChI is InChI=1S/C27H22F3N7O3/c1-36-13-21(34-25(38)20-12-33-37-9-3-8-32-24(20)37)23(35-36)19-11-18(6-7-22(19)40-26(28)29)39-17-5-2-4-16(10-17)27(30)14-31-15-27/h2-13,26,31H,14-15H2,1H3,(H,34,38). The highest BCUT2D eigenvalue weighted by molar-refractivity contribution is 6.09. The molecule has 1 fully saturated rings. The van der Waals surface area contributed by atoms with Crippen LogP contribution in [0.1, 0.15) is 15.9 Å². The van der Waals surface area contributed by atoms with Gasteiger partial charge in [0.1, 0.15) is 28.5 Å². The number of carbonyl (C=O) groups is 1. The van der Waals surface area contributed by atoms with E-state index in [1.165, 1.54) is 46.0 Å². The quantitative estimate of drug-likeness (QED) is 0.293. The fraction of sp³-hybridized carbons (Fsp3) is 0.185. The molecular weight excluding hydrogens is 527 g/mol. The van der Waals surface area contributed by atoms with Crippen molar-refractivity contribution < 1.29 is 27.4 Å². The molecule has 10 nitrogen and oxygen atoms in total. The van der Waals surface area contributed by atoms with Gasteiger partial charge in [0.05, 0.1) is 17.4 Å². The van der Waals surface area contributed by atoms with Gasteiger partial charge in [-0.05, 0) is 42.0 Å². The molecule has 6 rings (SSSR count). The highest BCUT2D eigenvalue weighted by Gasteiger charge is 2.39. The van der Waals surface area contributed by atoms with Crippen molar-refractivity contribution in [3.05, 3.63) is 84.4 Å². The predicted octanol–water partition coefficient (Wildman–Crippen LogP) is 4.54. The molecule has 0 spiro atoms. The number of alkyl halides is 3. The predicted molar refractivity (Wildman–Crippen MR) is 138 cm³/mol. The molecule has 4 heterocycles. The highest BCUT2D eigenvalue weighted by atomic mass is 19.3. The zero-order chi connectivity index (χ0) is 27.9. The summed E-state index contributed by atoms with van der Waals surface area (Å²) in [7, 11) is 1.62. The molecule has 0 saturated carbocycles. The van der Waals surface area contributed by atoms with E-state index in [-0.39, 0.29) is 47.1 Å². The Balaban J connectivity index is 1.34. The monoisotopic (exact) mass is 549 g/mol. The summed E-state index contributed by atoms with van der Waals surface area (Å²) < 4.78 is 55.1. The first-order valence-electron chi connectivity index (χ1n) is 12.2. The smallest absolute Gasteiger partial charge is 0.387 e. The minimum atomic E-state index is -3.11. The number of ether oxygens (including phenoxy) is 2. The zero-order valence-electron chi connectivity index (χ0n) is 21.0. The molecule has 3 aromatic heterocycles. The number of hydrogen-bond donors (Lipinski definition) is 2. The Morgan fingerprint density at radius 2 is 1.98 bits per heavy atom. The lowest BCUT2D eigenvalue weighted by Gasteiger charge is -2.35. The summed E-state index contributed by atoms with van der Waals surface area (Å²) in [6.45, 7) is -2.69. The second kappa shape index (κ2) is 10.0. The van der Waals surface area contributed by atoms with Crippen molar-refractivity contribution in [2.45, 2.75) is 12.3 Å². The van der Waals surface area contributed by atoms with Crippen LogP contribution in [-0.2, 0) is 12.7 Å². The number of anilines is 1. The number of benzene rings is 2. The number of nitrogens with one attached hydrogen (secondary N) is 2. The van der Waals surface area contributed by atoms with E-state index in [2.05, 4.69) is 25.8 Å². The maximum atomic E-state index is 14.9. The Labute approximate surface area is 225 Å². The van der Waals surface area contributed by atoms with Crippen LogP contribution < -0.4 is 20.1 Å². The van der Waals surface area contributed by atoms with E-state index in [9.17, 15) is 18.0 Å². The van der Waals surface area contributed by atoms with Gasteiger partial charge in [0, 0.05) is 38.7 Å². The molecule has 1 amide bonds. The molecule has 204 valence electrons. The minimum absolute atomic E-state index is 0.146. The van der Waals surface area contributed by atoms with E-state index in [1.807, 2.05) is 0 Å². The van der Waals surface area contributed by atoms with Crippen molar-refractivity contribution in [1.82, 2.24) is 29.7 Å². The summed E-state index contributed by atoms with van der Waals surface area (Å²) in [5, 5.41) is 14.2. The molecule has 0 bridgehead atoms. The number of rotatable bonds is 8. The fourth-order valence-electron chi connectivity index (χ4n) is 4.44. The lowest BCUT2D eigenvalue weighted by Crippen LogP contribution is -2.53. The molecule has 2 aromatic carbocycles. The van der Waals surface area contributed by atoms with Gasteiger partial charge in [-0.15, -0.1) is 0 Å². The number of fused-ring (bicyclic) bond motifs is 1. The van der Waals surface area contributed by atoms with Crippen LogP contribution in [0.3, 0.4) is 0 Å². The molecule has 0 aliphatic carbocycles. The first kappa shape index (κ1) is 25.4. The molecular formula is C27H22F3N7O3. The topological polar surface area (TPSA) is 108 Å². The van der Waals surface area contributed by atoms with Gasteiger partial charge in [0.25, 0.3) is 5.91 Å². The summed E-state index contributed by atoms with van der Waals surface area (Å²) in [4.78, 5) is 17.3. The van der Waals surface area contributed by atoms with Gasteiger partial charge in [-0.25, -0.2) is 13.9 Å². The number of hydrogen-bond acceptors (Lipinski definition) is 7. The van der Waals surface area contributed by atoms with Crippen LogP contribution in [0.15, 0.2) is 73.3 Å². The minimum Gasteiger partial charge on any atom is -0.457 e. The van der Waals surface area contributed by atoms with Crippen LogP contribution in [-0.4, -0.2) is 50.0 Å². The summed E-state index contributed by atoms with van der Waals surface area (Å²) in [5.41, 5.74) is 0.0981. The Morgan fingerprint density at radius 1 is 1.15 bits per heavy atom. The Kier molecular flexibility index (Phi) is 6.34. The third-order valence-corrected chi connectivity index (χ3v) is 6.42. The maximum absolute atomic E-state index is 14.9. The Morgan fingerprint density at radius 3 is 2.75 bits per heavy atom. The average molecular weight is 550 g/mol. The van der Waals surface area contributed by atoms with Crippen molar-refractivity contribution in [3.8, 4) is 28.5 Å². The number of aryl methyl sites for hydroxylation is 1. The third-order valence-electron chi connectivity index (χ3n) is 6.42. The summed E-state index contributed by atoms with van der Waals surface area (Å²) in [6, 6.07) is 12.5. The van der Waals surface area contributed by atoms with Crippen LogP contribution in [0.25, 0.3) is 16.9 Å². The number of amides is 1. The molecule has 0 radical (unpaired) electrons. The molecule has 1 aliphatic rings. The van der Waals surface area contributed by atoms with Gasteiger partial charge in [0.2, 0.25) is 0 Å². The van der Waals surface area contributed by atoms with Crippen molar-refractivity contribution in [2.75, 3.05) is 18.4 Å². The molecule has 0 unspecified atom stereocenters. The Bertz CT molecular complexity index is 1710. The number of carbonyl (C=O) groups excluding carboxylic acids is 1. The van der Waals surface area contributed by atoms with Crippen LogP contribution >= 0.6 is 0 Å². The molecule has 2 N–H and O–H groups in total. The summed E-state index contributed by atoms with van der Waals surface area (Å²) in [6.07, 6.45) is 6.10. The second-order valence-corrected chi connectivity index (χ2v) is 9.20. The number of nitrogens with zero attached hydrogens (tertiary/aromatic N) is 5. The third kappa shape index (κ3) is 4.82. The van der Waals surface area contributed by atoms with E-state index in [0.29, 0.717) is 17.0 Å². The van der Waals surface area contributed by atoms with E-state index in [4.69, 9.17) is 9.47 Å². The van der Waals surface area contributed by atoms with Crippen LogP contribution in [0.5, 0.6) is 17.2 Å². The van der Waals surface area contributed by atoms with Crippen LogP contribution in [0.4, 0.5) is 18.9 Å². The molecule has 5 aromatic rings. The summed E-state index contributed by atoms with van der Waals surface area (Å²) >= 11 is 0. The first-order chi connectivity index (χ1) is 19.3. The summed E-state index contributed by atoms with van der Waals surface area (Å²) in [5.74, 6) is -0.0615. The largest absolute Gasteiger partial charge is 0.457 e. The van der Waals surface area contributed by atoms with Gasteiger partial charge >= 0.3 is 6.61 Å². The highest BCUT2D eigenvalue weighted by Crippen LogP contribution is 2.39. The normalized spacial score (nSPS) is 14.2. The number of aromatic nitrogens is 5. The average Bonchev–Trinajstić information content (AvgIpc) is 3.51. The Hall–Kier alpha value is -4.91. The lowest BCUT2D eigenvalue weighted by atomic mass is 9.90. The van der Waals surface area contributed by atoms with Crippen molar-refractivity contribution in [2.24, 2.45) is 7.05 Å². The van der Waals surface area contributed by atoms with Crippen LogP contribution in [0, 0.1) is 0 Å². The second-order valence-electron chi connectivity index (χ2n) is 9.20. The first-order valence-corrected chi connectivity index (χ1v) is 12.2. The number of halogens is 3. The van der Waals surface area contributed by atoms with Gasteiger partial charge in [-0.3, -0.25) is 9.48 Å². The van der Waals surface area contributed by atoms with Crippen molar-refractivity contribution in [3.63, 3.8) is 0 Å². The zero-order valence-corrected chi connectivity index (χ0v) is 21.0. The molecule has 13 heteroatoms. The van der Waals surface area contributed by atoms with Crippen LogP contribution in [0.2, 0.25) is 0 Å². The lowest BCUT2D eigenvalue weighted by molar-refractivity contribution is -0.0494. The van der Waals surface area contributed by atoms with E-state index in [1.54, 1.807) is 43.6 Å². The molecule has 1 aliphatic heterocycles. The van der Waals surface area contributed by atoms with E-state index >= 15 is 0 Å².